The lowest BCUT2D eigenvalue weighted by Crippen LogP contribution is -2.31. The zero-order chi connectivity index (χ0) is 26.7. The minimum Gasteiger partial charge on any atom is -0.289 e. The monoisotopic (exact) mass is 564 g/mol. The Morgan fingerprint density at radius 1 is 1.03 bits per heavy atom. The van der Waals surface area contributed by atoms with Crippen LogP contribution < -0.4 is 0 Å². The number of rotatable bonds is 7. The number of sulfonamides is 1. The summed E-state index contributed by atoms with van der Waals surface area (Å²) in [6.07, 6.45) is 9.10. The zero-order valence-corrected chi connectivity index (χ0v) is 23.3. The minimum absolute atomic E-state index is 0.184. The topological polar surface area (TPSA) is 75.5 Å². The van der Waals surface area contributed by atoms with Crippen molar-refractivity contribution in [1.82, 2.24) is 19.0 Å². The van der Waals surface area contributed by atoms with Crippen molar-refractivity contribution in [3.63, 3.8) is 0 Å². The molecular formula is C28H28N4O3S3. The summed E-state index contributed by atoms with van der Waals surface area (Å²) in [5.41, 5.74) is 2.78. The first kappa shape index (κ1) is 26.6. The Hall–Kier alpha value is -3.05. The van der Waals surface area contributed by atoms with E-state index in [0.717, 1.165) is 31.4 Å². The maximum atomic E-state index is 13.5. The van der Waals surface area contributed by atoms with Crippen LogP contribution in [0.2, 0.25) is 0 Å². The molecule has 0 aliphatic carbocycles. The van der Waals surface area contributed by atoms with Gasteiger partial charge in [-0.15, -0.1) is 6.58 Å². The Bertz CT molecular complexity index is 1510. The summed E-state index contributed by atoms with van der Waals surface area (Å²) < 4.78 is 30.8. The van der Waals surface area contributed by atoms with Crippen molar-refractivity contribution >= 4 is 50.3 Å². The molecule has 7 nitrogen and oxygen atoms in total. The van der Waals surface area contributed by atoms with E-state index in [9.17, 15) is 13.2 Å². The smallest absolute Gasteiger partial charge is 0.266 e. The van der Waals surface area contributed by atoms with Gasteiger partial charge >= 0.3 is 0 Å². The predicted octanol–water partition coefficient (Wildman–Crippen LogP) is 5.49. The van der Waals surface area contributed by atoms with Gasteiger partial charge in [-0.2, -0.15) is 9.40 Å². The van der Waals surface area contributed by atoms with Gasteiger partial charge in [-0.1, -0.05) is 73.2 Å². The van der Waals surface area contributed by atoms with Gasteiger partial charge in [0.05, 0.1) is 15.5 Å². The minimum atomic E-state index is -3.63. The molecule has 3 aromatic rings. The fourth-order valence-electron chi connectivity index (χ4n) is 4.59. The highest BCUT2D eigenvalue weighted by Crippen LogP contribution is 2.35. The molecule has 10 heteroatoms. The van der Waals surface area contributed by atoms with Crippen LogP contribution in [-0.4, -0.2) is 57.3 Å². The van der Waals surface area contributed by atoms with Crippen LogP contribution in [0.15, 0.2) is 83.2 Å². The lowest BCUT2D eigenvalue weighted by molar-refractivity contribution is -0.121. The zero-order valence-electron chi connectivity index (χ0n) is 20.8. The average Bonchev–Trinajstić information content (AvgIpc) is 3.31. The summed E-state index contributed by atoms with van der Waals surface area (Å²) in [6.45, 7) is 5.12. The largest absolute Gasteiger partial charge is 0.289 e. The van der Waals surface area contributed by atoms with Crippen LogP contribution in [0.4, 0.5) is 0 Å². The van der Waals surface area contributed by atoms with E-state index < -0.39 is 10.0 Å². The predicted molar refractivity (Wildman–Crippen MR) is 156 cm³/mol. The van der Waals surface area contributed by atoms with E-state index in [1.54, 1.807) is 39.3 Å². The molecule has 196 valence electrons. The van der Waals surface area contributed by atoms with Crippen LogP contribution in [0.3, 0.4) is 0 Å². The Labute approximate surface area is 232 Å². The number of carbonyl (C=O) groups excluding carboxylic acids is 1. The molecule has 2 fully saturated rings. The highest BCUT2D eigenvalue weighted by molar-refractivity contribution is 8.26. The first-order valence-electron chi connectivity index (χ1n) is 12.5. The van der Waals surface area contributed by atoms with Crippen molar-refractivity contribution in [3.05, 3.63) is 83.9 Å². The standard InChI is InChI=1S/C28H28N4O3S3/c1-2-15-31-27(33)25(37-28(31)36)19-22-20-32(23-12-6-5-7-13-23)29-26(22)21-11-10-14-24(18-21)38(34,35)30-16-8-3-4-9-17-30/h2,5-7,10-14,18-20H,1,3-4,8-9,15-17H2. The van der Waals surface area contributed by atoms with Crippen molar-refractivity contribution in [2.75, 3.05) is 19.6 Å². The second-order valence-electron chi connectivity index (χ2n) is 9.14. The maximum absolute atomic E-state index is 13.5. The first-order chi connectivity index (χ1) is 18.4. The molecule has 0 atom stereocenters. The molecule has 0 unspecified atom stereocenters. The van der Waals surface area contributed by atoms with Gasteiger partial charge in [0.1, 0.15) is 10.0 Å². The van der Waals surface area contributed by atoms with Gasteiger partial charge in [0, 0.05) is 37.0 Å². The molecule has 38 heavy (non-hydrogen) atoms. The van der Waals surface area contributed by atoms with Gasteiger partial charge in [0.25, 0.3) is 5.91 Å². The lowest BCUT2D eigenvalue weighted by Gasteiger charge is -2.20. The molecular weight excluding hydrogens is 537 g/mol. The number of nitrogens with zero attached hydrogens (tertiary/aromatic N) is 4. The number of amides is 1. The molecule has 0 spiro atoms. The molecule has 5 rings (SSSR count). The van der Waals surface area contributed by atoms with Crippen LogP contribution in [0.1, 0.15) is 31.2 Å². The number of aromatic nitrogens is 2. The Morgan fingerprint density at radius 3 is 2.47 bits per heavy atom. The summed E-state index contributed by atoms with van der Waals surface area (Å²) in [5.74, 6) is -0.184. The third-order valence-corrected chi connectivity index (χ3v) is 9.82. The average molecular weight is 565 g/mol. The fraction of sp³-hybridized carbons (Fsp3) is 0.250. The number of carbonyl (C=O) groups is 1. The third-order valence-electron chi connectivity index (χ3n) is 6.55. The Morgan fingerprint density at radius 2 is 1.76 bits per heavy atom. The molecule has 2 saturated heterocycles. The van der Waals surface area contributed by atoms with Crippen LogP contribution in [0.5, 0.6) is 0 Å². The van der Waals surface area contributed by atoms with E-state index >= 15 is 0 Å². The normalized spacial score (nSPS) is 18.2. The van der Waals surface area contributed by atoms with E-state index in [1.807, 2.05) is 42.6 Å². The lowest BCUT2D eigenvalue weighted by atomic mass is 10.1. The number of benzene rings is 2. The molecule has 1 aromatic heterocycles. The molecule has 0 N–H and O–H groups in total. The molecule has 0 saturated carbocycles. The quantitative estimate of drug-likeness (QED) is 0.215. The third kappa shape index (κ3) is 5.40. The van der Waals surface area contributed by atoms with Crippen molar-refractivity contribution < 1.29 is 13.2 Å². The second-order valence-corrected chi connectivity index (χ2v) is 12.8. The van der Waals surface area contributed by atoms with E-state index in [1.165, 1.54) is 16.7 Å². The molecule has 3 heterocycles. The van der Waals surface area contributed by atoms with Crippen LogP contribution in [0, 0.1) is 0 Å². The van der Waals surface area contributed by atoms with E-state index in [-0.39, 0.29) is 10.8 Å². The highest BCUT2D eigenvalue weighted by Gasteiger charge is 2.32. The summed E-state index contributed by atoms with van der Waals surface area (Å²) in [5, 5.41) is 4.82. The number of para-hydroxylation sites is 1. The Kier molecular flexibility index (Phi) is 7.94. The molecule has 0 bridgehead atoms. The van der Waals surface area contributed by atoms with Crippen LogP contribution >= 0.6 is 24.0 Å². The summed E-state index contributed by atoms with van der Waals surface area (Å²) >= 11 is 6.64. The van der Waals surface area contributed by atoms with Crippen molar-refractivity contribution in [3.8, 4) is 16.9 Å². The van der Waals surface area contributed by atoms with Gasteiger partial charge in [0.2, 0.25) is 10.0 Å². The van der Waals surface area contributed by atoms with Gasteiger partial charge in [-0.3, -0.25) is 9.69 Å². The second kappa shape index (κ2) is 11.4. The summed E-state index contributed by atoms with van der Waals surface area (Å²) in [4.78, 5) is 15.3. The Balaban J connectivity index is 1.58. The molecule has 2 aromatic carbocycles. The molecule has 0 radical (unpaired) electrons. The maximum Gasteiger partial charge on any atom is 0.266 e. The number of thioether (sulfide) groups is 1. The summed E-state index contributed by atoms with van der Waals surface area (Å²) in [6, 6.07) is 16.5. The van der Waals surface area contributed by atoms with Gasteiger partial charge < -0.3 is 0 Å². The van der Waals surface area contributed by atoms with Crippen LogP contribution in [0.25, 0.3) is 23.0 Å². The van der Waals surface area contributed by atoms with Gasteiger partial charge in [-0.05, 0) is 43.2 Å². The molecule has 1 amide bonds. The molecule has 2 aliphatic rings. The SMILES string of the molecule is C=CCN1C(=O)C(=Cc2cn(-c3ccccc3)nc2-c2cccc(S(=O)(=O)N3CCCCCC3)c2)SC1=S. The van der Waals surface area contributed by atoms with Crippen molar-refractivity contribution in [2.45, 2.75) is 30.6 Å². The number of hydrogen-bond donors (Lipinski definition) is 0. The molecule has 2 aliphatic heterocycles. The summed E-state index contributed by atoms with van der Waals surface area (Å²) in [7, 11) is -3.63. The van der Waals surface area contributed by atoms with Crippen molar-refractivity contribution in [1.29, 1.82) is 0 Å². The van der Waals surface area contributed by atoms with E-state index in [2.05, 4.69) is 6.58 Å². The highest BCUT2D eigenvalue weighted by atomic mass is 32.2. The first-order valence-corrected chi connectivity index (χ1v) is 15.2. The van der Waals surface area contributed by atoms with Crippen molar-refractivity contribution in [2.24, 2.45) is 0 Å². The number of hydrogen-bond acceptors (Lipinski definition) is 6. The fourth-order valence-corrected chi connectivity index (χ4v) is 7.42. The van der Waals surface area contributed by atoms with Gasteiger partial charge in [0.15, 0.2) is 0 Å². The number of thiocarbonyl (C=S) groups is 1. The van der Waals surface area contributed by atoms with E-state index in [4.69, 9.17) is 17.3 Å². The van der Waals surface area contributed by atoms with Crippen LogP contribution in [-0.2, 0) is 14.8 Å². The van der Waals surface area contributed by atoms with Gasteiger partial charge in [-0.25, -0.2) is 13.1 Å². The van der Waals surface area contributed by atoms with E-state index in [0.29, 0.717) is 45.7 Å².